The van der Waals surface area contributed by atoms with Gasteiger partial charge in [0.15, 0.2) is 11.6 Å². The van der Waals surface area contributed by atoms with Gasteiger partial charge in [-0.25, -0.2) is 8.78 Å². The predicted molar refractivity (Wildman–Crippen MR) is 94.8 cm³/mol. The number of hydrogen-bond donors (Lipinski definition) is 1. The second-order valence-electron chi connectivity index (χ2n) is 5.34. The lowest BCUT2D eigenvalue weighted by Crippen LogP contribution is -1.98. The third-order valence-corrected chi connectivity index (χ3v) is 3.45. The van der Waals surface area contributed by atoms with Gasteiger partial charge < -0.3 is 4.74 Å². The molecule has 0 saturated carbocycles. The van der Waals surface area contributed by atoms with Crippen molar-refractivity contribution in [1.29, 1.82) is 0 Å². The largest absolute Gasteiger partial charge is 0.486 e. The van der Waals surface area contributed by atoms with Gasteiger partial charge in [-0.1, -0.05) is 42.5 Å². The quantitative estimate of drug-likeness (QED) is 0.507. The van der Waals surface area contributed by atoms with Crippen LogP contribution in [0.1, 0.15) is 11.1 Å². The van der Waals surface area contributed by atoms with Crippen LogP contribution >= 0.6 is 0 Å². The number of hydrazone groups is 1. The van der Waals surface area contributed by atoms with Gasteiger partial charge in [0, 0.05) is 6.07 Å². The first-order valence-electron chi connectivity index (χ1n) is 7.71. The molecule has 0 amide bonds. The molecule has 0 unspecified atom stereocenters. The number of benzene rings is 3. The second-order valence-corrected chi connectivity index (χ2v) is 5.34. The minimum Gasteiger partial charge on any atom is -0.486 e. The van der Waals surface area contributed by atoms with Crippen molar-refractivity contribution < 1.29 is 13.5 Å². The lowest BCUT2D eigenvalue weighted by molar-refractivity contribution is 0.289. The fourth-order valence-electron chi connectivity index (χ4n) is 2.15. The van der Waals surface area contributed by atoms with Gasteiger partial charge >= 0.3 is 0 Å². The molecule has 5 heteroatoms. The minimum atomic E-state index is -0.712. The predicted octanol–water partition coefficient (Wildman–Crippen LogP) is 4.99. The normalized spacial score (nSPS) is 10.8. The van der Waals surface area contributed by atoms with Crippen LogP contribution in [0.2, 0.25) is 0 Å². The molecule has 0 heterocycles. The van der Waals surface area contributed by atoms with Gasteiger partial charge in [-0.05, 0) is 35.4 Å². The molecule has 0 spiro atoms. The van der Waals surface area contributed by atoms with Gasteiger partial charge in [-0.2, -0.15) is 5.10 Å². The average molecular weight is 338 g/mol. The Labute approximate surface area is 144 Å². The van der Waals surface area contributed by atoms with E-state index in [2.05, 4.69) is 10.5 Å². The molecule has 0 radical (unpaired) electrons. The summed E-state index contributed by atoms with van der Waals surface area (Å²) in [5.41, 5.74) is 5.63. The van der Waals surface area contributed by atoms with Crippen LogP contribution in [0.15, 0.2) is 77.9 Å². The third-order valence-electron chi connectivity index (χ3n) is 3.45. The van der Waals surface area contributed by atoms with E-state index in [9.17, 15) is 8.78 Å². The molecule has 0 aliphatic heterocycles. The summed E-state index contributed by atoms with van der Waals surface area (Å²) in [5.74, 6) is -1.31. The summed E-state index contributed by atoms with van der Waals surface area (Å²) in [6.45, 7) is 0.197. The van der Waals surface area contributed by atoms with E-state index in [4.69, 9.17) is 4.74 Å². The van der Waals surface area contributed by atoms with E-state index in [0.717, 1.165) is 28.9 Å². The Bertz CT molecular complexity index is 849. The Kier molecular flexibility index (Phi) is 5.36. The minimum absolute atomic E-state index is 0.0269. The van der Waals surface area contributed by atoms with Crippen molar-refractivity contribution in [1.82, 2.24) is 0 Å². The lowest BCUT2D eigenvalue weighted by Gasteiger charge is -2.07. The third kappa shape index (κ3) is 4.88. The van der Waals surface area contributed by atoms with Crippen LogP contribution in [-0.4, -0.2) is 6.21 Å². The lowest BCUT2D eigenvalue weighted by atomic mass is 10.1. The maximum Gasteiger partial charge on any atom is 0.167 e. The Morgan fingerprint density at radius 3 is 2.40 bits per heavy atom. The molecule has 0 bridgehead atoms. The Morgan fingerprint density at radius 2 is 1.68 bits per heavy atom. The van der Waals surface area contributed by atoms with Crippen molar-refractivity contribution >= 4 is 11.9 Å². The Balaban J connectivity index is 1.55. The van der Waals surface area contributed by atoms with Gasteiger partial charge in [0.05, 0.1) is 11.9 Å². The Hall–Kier alpha value is -3.21. The smallest absolute Gasteiger partial charge is 0.167 e. The summed E-state index contributed by atoms with van der Waals surface area (Å²) in [6, 6.07) is 20.4. The monoisotopic (exact) mass is 338 g/mol. The molecule has 0 saturated heterocycles. The number of ether oxygens (including phenoxy) is 1. The molecule has 0 aliphatic rings. The van der Waals surface area contributed by atoms with Crippen molar-refractivity contribution in [3.05, 3.63) is 95.6 Å². The number of nitrogens with one attached hydrogen (secondary N) is 1. The zero-order valence-electron chi connectivity index (χ0n) is 13.3. The number of hydrogen-bond acceptors (Lipinski definition) is 3. The van der Waals surface area contributed by atoms with Crippen molar-refractivity contribution in [3.8, 4) is 5.75 Å². The molecular weight excluding hydrogens is 322 g/mol. The highest BCUT2D eigenvalue weighted by atomic mass is 19.1. The Morgan fingerprint density at radius 1 is 0.920 bits per heavy atom. The van der Waals surface area contributed by atoms with Crippen LogP contribution in [-0.2, 0) is 6.61 Å². The molecule has 0 aromatic heterocycles. The van der Waals surface area contributed by atoms with Gasteiger partial charge in [0.1, 0.15) is 12.4 Å². The van der Waals surface area contributed by atoms with Crippen LogP contribution in [0, 0.1) is 11.6 Å². The summed E-state index contributed by atoms with van der Waals surface area (Å²) in [5, 5.41) is 4.16. The second kappa shape index (κ2) is 8.06. The van der Waals surface area contributed by atoms with Gasteiger partial charge in [0.2, 0.25) is 0 Å². The van der Waals surface area contributed by atoms with E-state index >= 15 is 0 Å². The standard InChI is InChI=1S/C20H16F2N2O/c21-17-10-11-20(19(22)12-17)25-14-16-8-6-15(7-9-16)13-23-24-18-4-2-1-3-5-18/h1-13,24H,14H2. The fraction of sp³-hybridized carbons (Fsp3) is 0.0500. The first kappa shape index (κ1) is 16.6. The van der Waals surface area contributed by atoms with Crippen LogP contribution in [0.4, 0.5) is 14.5 Å². The van der Waals surface area contributed by atoms with E-state index in [1.54, 1.807) is 6.21 Å². The van der Waals surface area contributed by atoms with Crippen molar-refractivity contribution in [2.75, 3.05) is 5.43 Å². The molecule has 0 fully saturated rings. The maximum absolute atomic E-state index is 13.5. The van der Waals surface area contributed by atoms with Gasteiger partial charge in [-0.3, -0.25) is 5.43 Å². The highest BCUT2D eigenvalue weighted by molar-refractivity contribution is 5.80. The molecule has 0 atom stereocenters. The van der Waals surface area contributed by atoms with E-state index < -0.39 is 11.6 Å². The van der Waals surface area contributed by atoms with Crippen molar-refractivity contribution in [2.45, 2.75) is 6.61 Å². The SMILES string of the molecule is Fc1ccc(OCc2ccc(C=NNc3ccccc3)cc2)c(F)c1. The highest BCUT2D eigenvalue weighted by Gasteiger charge is 2.05. The average Bonchev–Trinajstić information content (AvgIpc) is 2.63. The van der Waals surface area contributed by atoms with E-state index in [1.807, 2.05) is 54.6 Å². The number of rotatable bonds is 6. The molecule has 1 N–H and O–H groups in total. The maximum atomic E-state index is 13.5. The van der Waals surface area contributed by atoms with Crippen molar-refractivity contribution in [2.24, 2.45) is 5.10 Å². The first-order valence-corrected chi connectivity index (χ1v) is 7.71. The van der Waals surface area contributed by atoms with Crippen LogP contribution in [0.3, 0.4) is 0 Å². The molecule has 0 aliphatic carbocycles. The number of para-hydroxylation sites is 1. The molecule has 3 nitrogen and oxygen atoms in total. The number of halogens is 2. The summed E-state index contributed by atoms with van der Waals surface area (Å²) in [4.78, 5) is 0. The molecule has 3 aromatic rings. The van der Waals surface area contributed by atoms with Crippen LogP contribution in [0.5, 0.6) is 5.75 Å². The van der Waals surface area contributed by atoms with Crippen LogP contribution in [0.25, 0.3) is 0 Å². The fourth-order valence-corrected chi connectivity index (χ4v) is 2.15. The molecular formula is C20H16F2N2O. The highest BCUT2D eigenvalue weighted by Crippen LogP contribution is 2.19. The topological polar surface area (TPSA) is 33.6 Å². The number of anilines is 1. The molecule has 25 heavy (non-hydrogen) atoms. The zero-order chi connectivity index (χ0) is 17.5. The zero-order valence-corrected chi connectivity index (χ0v) is 13.3. The molecule has 3 rings (SSSR count). The van der Waals surface area contributed by atoms with Gasteiger partial charge in [-0.15, -0.1) is 0 Å². The summed E-state index contributed by atoms with van der Waals surface area (Å²) in [6.07, 6.45) is 1.71. The summed E-state index contributed by atoms with van der Waals surface area (Å²) >= 11 is 0. The van der Waals surface area contributed by atoms with E-state index in [1.165, 1.54) is 6.07 Å². The molecule has 126 valence electrons. The van der Waals surface area contributed by atoms with Crippen molar-refractivity contribution in [3.63, 3.8) is 0 Å². The van der Waals surface area contributed by atoms with E-state index in [0.29, 0.717) is 0 Å². The summed E-state index contributed by atoms with van der Waals surface area (Å²) in [7, 11) is 0. The van der Waals surface area contributed by atoms with E-state index in [-0.39, 0.29) is 12.4 Å². The van der Waals surface area contributed by atoms with Crippen LogP contribution < -0.4 is 10.2 Å². The van der Waals surface area contributed by atoms with Gasteiger partial charge in [0.25, 0.3) is 0 Å². The number of nitrogens with zero attached hydrogens (tertiary/aromatic N) is 1. The summed E-state index contributed by atoms with van der Waals surface area (Å²) < 4.78 is 31.7. The first-order chi connectivity index (χ1) is 12.2. The molecule has 3 aromatic carbocycles.